The molecule has 1 saturated heterocycles. The third-order valence-electron chi connectivity index (χ3n) is 5.59. The Morgan fingerprint density at radius 2 is 2.07 bits per heavy atom. The maximum Gasteiger partial charge on any atom is 0.258 e. The summed E-state index contributed by atoms with van der Waals surface area (Å²) in [6.07, 6.45) is 2.16. The highest BCUT2D eigenvalue weighted by atomic mass is 19.1. The molecule has 1 aromatic heterocycles. The molecule has 0 aliphatic carbocycles. The lowest BCUT2D eigenvalue weighted by Gasteiger charge is -2.36. The van der Waals surface area contributed by atoms with Crippen molar-refractivity contribution in [3.63, 3.8) is 0 Å². The number of aromatic nitrogens is 2. The molecular formula is C22H22FN3O2. The Morgan fingerprint density at radius 3 is 2.86 bits per heavy atom. The highest BCUT2D eigenvalue weighted by molar-refractivity contribution is 5.98. The fourth-order valence-electron chi connectivity index (χ4n) is 4.15. The minimum atomic E-state index is -0.453. The molecule has 3 aromatic rings. The second kappa shape index (κ2) is 6.86. The van der Waals surface area contributed by atoms with Crippen molar-refractivity contribution < 1.29 is 9.18 Å². The molecule has 2 heterocycles. The average Bonchev–Trinajstić information content (AvgIpc) is 3.03. The number of hydrogen-bond acceptors (Lipinski definition) is 3. The summed E-state index contributed by atoms with van der Waals surface area (Å²) < 4.78 is 14.2. The highest BCUT2D eigenvalue weighted by Crippen LogP contribution is 2.34. The van der Waals surface area contributed by atoms with Gasteiger partial charge >= 0.3 is 0 Å². The van der Waals surface area contributed by atoms with Crippen LogP contribution in [-0.2, 0) is 6.42 Å². The van der Waals surface area contributed by atoms with Gasteiger partial charge in [0, 0.05) is 17.6 Å². The van der Waals surface area contributed by atoms with Crippen LogP contribution < -0.4 is 5.56 Å². The summed E-state index contributed by atoms with van der Waals surface area (Å²) in [7, 11) is 0. The van der Waals surface area contributed by atoms with Crippen molar-refractivity contribution in [1.82, 2.24) is 14.9 Å². The van der Waals surface area contributed by atoms with Gasteiger partial charge in [-0.3, -0.25) is 9.59 Å². The molecule has 1 amide bonds. The number of carbonyl (C=O) groups is 1. The van der Waals surface area contributed by atoms with E-state index in [0.717, 1.165) is 12.8 Å². The van der Waals surface area contributed by atoms with Gasteiger partial charge in [-0.05, 0) is 62.9 Å². The van der Waals surface area contributed by atoms with Crippen LogP contribution in [0.15, 0.2) is 47.3 Å². The second-order valence-corrected chi connectivity index (χ2v) is 7.71. The van der Waals surface area contributed by atoms with Crippen molar-refractivity contribution in [2.75, 3.05) is 6.54 Å². The van der Waals surface area contributed by atoms with Crippen LogP contribution in [0.1, 0.15) is 41.5 Å². The number of nitrogens with zero attached hydrogens (tertiary/aromatic N) is 2. The number of H-pyrrole nitrogens is 1. The van der Waals surface area contributed by atoms with Crippen molar-refractivity contribution in [3.8, 4) is 0 Å². The van der Waals surface area contributed by atoms with Crippen molar-refractivity contribution in [2.45, 2.75) is 38.6 Å². The predicted molar refractivity (Wildman–Crippen MR) is 106 cm³/mol. The second-order valence-electron chi connectivity index (χ2n) is 7.71. The fraction of sp³-hybridized carbons (Fsp3) is 0.318. The number of hydrogen-bond donors (Lipinski definition) is 1. The summed E-state index contributed by atoms with van der Waals surface area (Å²) in [6, 6.07) is 11.7. The van der Waals surface area contributed by atoms with Gasteiger partial charge in [0.05, 0.1) is 10.9 Å². The lowest BCUT2D eigenvalue weighted by molar-refractivity contribution is 0.0623. The molecule has 144 valence electrons. The summed E-state index contributed by atoms with van der Waals surface area (Å²) in [5.74, 6) is 0.151. The van der Waals surface area contributed by atoms with Gasteiger partial charge < -0.3 is 9.88 Å². The zero-order valence-electron chi connectivity index (χ0n) is 16.0. The average molecular weight is 379 g/mol. The number of halogens is 1. The standard InChI is InChI=1S/C22H22FN3O2/c1-14-24-19-12-15(8-9-17(19)20(27)25-14)21(28)26-11-5-10-22(26,2)13-16-6-3-4-7-18(16)23/h3-4,6-9,12H,5,10-11,13H2,1-2H3,(H,24,25,27). The van der Waals surface area contributed by atoms with E-state index in [4.69, 9.17) is 0 Å². The zero-order valence-corrected chi connectivity index (χ0v) is 16.0. The Morgan fingerprint density at radius 1 is 1.29 bits per heavy atom. The monoisotopic (exact) mass is 379 g/mol. The molecule has 1 unspecified atom stereocenters. The number of amides is 1. The Hall–Kier alpha value is -3.02. The Labute approximate surface area is 162 Å². The SMILES string of the molecule is Cc1nc2cc(C(=O)N3CCCC3(C)Cc3ccccc3F)ccc2c(=O)[nH]1. The number of aromatic amines is 1. The molecule has 1 aliphatic heterocycles. The van der Waals surface area contributed by atoms with Crippen LogP contribution in [0, 0.1) is 12.7 Å². The highest BCUT2D eigenvalue weighted by Gasteiger charge is 2.40. The Balaban J connectivity index is 1.67. The van der Waals surface area contributed by atoms with Gasteiger partial charge in [0.1, 0.15) is 11.6 Å². The maximum atomic E-state index is 14.2. The number of likely N-dealkylation sites (tertiary alicyclic amines) is 1. The van der Waals surface area contributed by atoms with Gasteiger partial charge in [0.15, 0.2) is 0 Å². The number of nitrogens with one attached hydrogen (secondary N) is 1. The molecule has 1 N–H and O–H groups in total. The third-order valence-corrected chi connectivity index (χ3v) is 5.59. The minimum absolute atomic E-state index is 0.113. The molecule has 0 saturated carbocycles. The van der Waals surface area contributed by atoms with Crippen molar-refractivity contribution in [1.29, 1.82) is 0 Å². The van der Waals surface area contributed by atoms with E-state index in [-0.39, 0.29) is 17.3 Å². The quantitative estimate of drug-likeness (QED) is 0.756. The minimum Gasteiger partial charge on any atom is -0.333 e. The molecule has 1 atom stereocenters. The van der Waals surface area contributed by atoms with E-state index in [0.29, 0.717) is 40.8 Å². The van der Waals surface area contributed by atoms with Crippen LogP contribution in [0.3, 0.4) is 0 Å². The van der Waals surface area contributed by atoms with E-state index >= 15 is 0 Å². The van der Waals surface area contributed by atoms with Crippen LogP contribution in [0.2, 0.25) is 0 Å². The van der Waals surface area contributed by atoms with Gasteiger partial charge in [0.25, 0.3) is 11.5 Å². The zero-order chi connectivity index (χ0) is 19.9. The molecule has 28 heavy (non-hydrogen) atoms. The summed E-state index contributed by atoms with van der Waals surface area (Å²) in [5.41, 5.74) is 0.944. The van der Waals surface area contributed by atoms with Gasteiger partial charge in [-0.1, -0.05) is 18.2 Å². The van der Waals surface area contributed by atoms with E-state index in [1.165, 1.54) is 6.07 Å². The van der Waals surface area contributed by atoms with Crippen LogP contribution in [0.5, 0.6) is 0 Å². The smallest absolute Gasteiger partial charge is 0.258 e. The van der Waals surface area contributed by atoms with Gasteiger partial charge in [-0.15, -0.1) is 0 Å². The molecule has 0 bridgehead atoms. The summed E-state index contributed by atoms with van der Waals surface area (Å²) in [6.45, 7) is 4.35. The topological polar surface area (TPSA) is 66.1 Å². The Kier molecular flexibility index (Phi) is 4.49. The number of benzene rings is 2. The Bertz CT molecular complexity index is 1120. The number of rotatable bonds is 3. The van der Waals surface area contributed by atoms with E-state index < -0.39 is 5.54 Å². The third kappa shape index (κ3) is 3.19. The van der Waals surface area contributed by atoms with Crippen molar-refractivity contribution >= 4 is 16.8 Å². The van der Waals surface area contributed by atoms with E-state index in [2.05, 4.69) is 9.97 Å². The van der Waals surface area contributed by atoms with Crippen molar-refractivity contribution in [2.24, 2.45) is 0 Å². The molecule has 6 heteroatoms. The van der Waals surface area contributed by atoms with Crippen LogP contribution in [0.4, 0.5) is 4.39 Å². The number of carbonyl (C=O) groups excluding carboxylic acids is 1. The van der Waals surface area contributed by atoms with Gasteiger partial charge in [-0.2, -0.15) is 0 Å². The number of aryl methyl sites for hydroxylation is 1. The van der Waals surface area contributed by atoms with Crippen LogP contribution >= 0.6 is 0 Å². The molecular weight excluding hydrogens is 357 g/mol. The normalized spacial score (nSPS) is 19.3. The summed E-state index contributed by atoms with van der Waals surface area (Å²) in [4.78, 5) is 34.2. The first-order chi connectivity index (χ1) is 13.4. The molecule has 1 fully saturated rings. The molecule has 2 aromatic carbocycles. The lowest BCUT2D eigenvalue weighted by Crippen LogP contribution is -2.46. The molecule has 5 nitrogen and oxygen atoms in total. The molecule has 4 rings (SSSR count). The lowest BCUT2D eigenvalue weighted by atomic mass is 9.89. The molecule has 0 spiro atoms. The summed E-state index contributed by atoms with van der Waals surface area (Å²) >= 11 is 0. The largest absolute Gasteiger partial charge is 0.333 e. The first-order valence-corrected chi connectivity index (χ1v) is 9.43. The van der Waals surface area contributed by atoms with E-state index in [1.54, 1.807) is 37.3 Å². The molecule has 0 radical (unpaired) electrons. The summed E-state index contributed by atoms with van der Waals surface area (Å²) in [5, 5.41) is 0.456. The predicted octanol–water partition coefficient (Wildman–Crippen LogP) is 3.61. The van der Waals surface area contributed by atoms with Crippen molar-refractivity contribution in [3.05, 3.63) is 75.6 Å². The van der Waals surface area contributed by atoms with Crippen LogP contribution in [0.25, 0.3) is 10.9 Å². The number of fused-ring (bicyclic) bond motifs is 1. The van der Waals surface area contributed by atoms with Gasteiger partial charge in [0.2, 0.25) is 0 Å². The first kappa shape index (κ1) is 18.3. The first-order valence-electron chi connectivity index (χ1n) is 9.43. The van der Waals surface area contributed by atoms with Crippen LogP contribution in [-0.4, -0.2) is 32.9 Å². The maximum absolute atomic E-state index is 14.2. The van der Waals surface area contributed by atoms with Gasteiger partial charge in [-0.25, -0.2) is 9.37 Å². The van der Waals surface area contributed by atoms with E-state index in [9.17, 15) is 14.0 Å². The van der Waals surface area contributed by atoms with E-state index in [1.807, 2.05) is 17.9 Å². The molecule has 1 aliphatic rings. The fourth-order valence-corrected chi connectivity index (χ4v) is 4.15.